The average Bonchev–Trinajstić information content (AvgIpc) is 2.68. The largest absolute Gasteiger partial charge is 0.493 e. The van der Waals surface area contributed by atoms with Crippen LogP contribution in [0.3, 0.4) is 0 Å². The zero-order valence-electron chi connectivity index (χ0n) is 16.1. The minimum absolute atomic E-state index is 0. The summed E-state index contributed by atoms with van der Waals surface area (Å²) in [7, 11) is 3.25. The van der Waals surface area contributed by atoms with Crippen molar-refractivity contribution >= 4 is 41.3 Å². The molecule has 0 amide bonds. The molecule has 2 aromatic carbocycles. The highest BCUT2D eigenvalue weighted by Crippen LogP contribution is 2.29. The highest BCUT2D eigenvalue weighted by Gasteiger charge is 2.06. The second-order valence-corrected chi connectivity index (χ2v) is 5.60. The van der Waals surface area contributed by atoms with Gasteiger partial charge in [0.1, 0.15) is 0 Å². The van der Waals surface area contributed by atoms with Crippen molar-refractivity contribution in [1.29, 1.82) is 0 Å². The summed E-state index contributed by atoms with van der Waals surface area (Å²) in [5, 5.41) is 9.94. The molecule has 0 atom stereocenters. The summed E-state index contributed by atoms with van der Waals surface area (Å²) >= 11 is 0. The Balaban J connectivity index is 0.00000364. The first-order valence-corrected chi connectivity index (χ1v) is 8.83. The van der Waals surface area contributed by atoms with Crippen molar-refractivity contribution in [3.63, 3.8) is 0 Å². The molecule has 0 spiro atoms. The van der Waals surface area contributed by atoms with Crippen LogP contribution >= 0.6 is 24.0 Å². The molecule has 3 N–H and O–H groups in total. The lowest BCUT2D eigenvalue weighted by Gasteiger charge is -2.14. The van der Waals surface area contributed by atoms with E-state index in [2.05, 4.69) is 33.1 Å². The minimum atomic E-state index is 0. The number of benzene rings is 2. The number of guanidine groups is 1. The SMILES string of the molecule is CCNC(=NCCCNc1ccccc1)Nc1ccc(OC)c(OC)c1.I. The van der Waals surface area contributed by atoms with Crippen molar-refractivity contribution in [2.45, 2.75) is 13.3 Å². The summed E-state index contributed by atoms with van der Waals surface area (Å²) in [6.45, 7) is 4.44. The summed E-state index contributed by atoms with van der Waals surface area (Å²) in [5.41, 5.74) is 2.02. The van der Waals surface area contributed by atoms with E-state index in [4.69, 9.17) is 9.47 Å². The summed E-state index contributed by atoms with van der Waals surface area (Å²) in [5.74, 6) is 2.13. The number of nitrogens with one attached hydrogen (secondary N) is 3. The molecule has 0 heterocycles. The summed E-state index contributed by atoms with van der Waals surface area (Å²) in [6, 6.07) is 15.9. The van der Waals surface area contributed by atoms with Gasteiger partial charge in [-0.2, -0.15) is 0 Å². The lowest BCUT2D eigenvalue weighted by Crippen LogP contribution is -2.30. The van der Waals surface area contributed by atoms with Gasteiger partial charge < -0.3 is 25.4 Å². The molecule has 0 saturated heterocycles. The highest BCUT2D eigenvalue weighted by atomic mass is 127. The molecule has 0 aliphatic carbocycles. The fraction of sp³-hybridized carbons (Fsp3) is 0.350. The maximum Gasteiger partial charge on any atom is 0.195 e. The van der Waals surface area contributed by atoms with E-state index in [1.165, 1.54) is 0 Å². The van der Waals surface area contributed by atoms with Crippen LogP contribution in [0, 0.1) is 0 Å². The van der Waals surface area contributed by atoms with E-state index in [0.29, 0.717) is 11.5 Å². The fourth-order valence-electron chi connectivity index (χ4n) is 2.42. The molecule has 0 fully saturated rings. The lowest BCUT2D eigenvalue weighted by molar-refractivity contribution is 0.355. The number of para-hydroxylation sites is 1. The second kappa shape index (κ2) is 13.1. The zero-order valence-corrected chi connectivity index (χ0v) is 18.4. The van der Waals surface area contributed by atoms with E-state index in [-0.39, 0.29) is 24.0 Å². The van der Waals surface area contributed by atoms with Crippen LogP contribution in [0.2, 0.25) is 0 Å². The molecule has 2 aromatic rings. The van der Waals surface area contributed by atoms with Crippen LogP contribution in [0.1, 0.15) is 13.3 Å². The Kier molecular flexibility index (Phi) is 11.1. The Bertz CT molecular complexity index is 696. The lowest BCUT2D eigenvalue weighted by atomic mass is 10.2. The van der Waals surface area contributed by atoms with Gasteiger partial charge in [-0.25, -0.2) is 0 Å². The molecular formula is C20H29IN4O2. The predicted octanol–water partition coefficient (Wildman–Crippen LogP) is 4.20. The van der Waals surface area contributed by atoms with Crippen molar-refractivity contribution in [3.05, 3.63) is 48.5 Å². The van der Waals surface area contributed by atoms with Gasteiger partial charge in [-0.1, -0.05) is 18.2 Å². The number of aliphatic imine (C=N–C) groups is 1. The monoisotopic (exact) mass is 484 g/mol. The van der Waals surface area contributed by atoms with E-state index in [1.54, 1.807) is 14.2 Å². The Morgan fingerprint density at radius 2 is 1.70 bits per heavy atom. The smallest absolute Gasteiger partial charge is 0.195 e. The Morgan fingerprint density at radius 3 is 2.37 bits per heavy atom. The highest BCUT2D eigenvalue weighted by molar-refractivity contribution is 14.0. The van der Waals surface area contributed by atoms with E-state index in [9.17, 15) is 0 Å². The van der Waals surface area contributed by atoms with Crippen LogP contribution in [0.25, 0.3) is 0 Å². The van der Waals surface area contributed by atoms with Crippen molar-refractivity contribution in [2.24, 2.45) is 4.99 Å². The number of hydrogen-bond acceptors (Lipinski definition) is 4. The first-order chi connectivity index (χ1) is 12.8. The van der Waals surface area contributed by atoms with E-state index >= 15 is 0 Å². The second-order valence-electron chi connectivity index (χ2n) is 5.60. The van der Waals surface area contributed by atoms with Crippen LogP contribution in [0.4, 0.5) is 11.4 Å². The van der Waals surface area contributed by atoms with Gasteiger partial charge in [0.05, 0.1) is 14.2 Å². The van der Waals surface area contributed by atoms with Gasteiger partial charge in [0.25, 0.3) is 0 Å². The van der Waals surface area contributed by atoms with E-state index < -0.39 is 0 Å². The summed E-state index contributed by atoms with van der Waals surface area (Å²) in [6.07, 6.45) is 0.942. The van der Waals surface area contributed by atoms with Gasteiger partial charge in [-0.05, 0) is 37.6 Å². The van der Waals surface area contributed by atoms with Gasteiger partial charge in [0, 0.05) is 37.1 Å². The number of rotatable bonds is 9. The molecule has 148 valence electrons. The van der Waals surface area contributed by atoms with Gasteiger partial charge in [-0.3, -0.25) is 4.99 Å². The maximum absolute atomic E-state index is 5.34. The van der Waals surface area contributed by atoms with Gasteiger partial charge >= 0.3 is 0 Å². The van der Waals surface area contributed by atoms with Gasteiger partial charge in [0.2, 0.25) is 0 Å². The third kappa shape index (κ3) is 7.94. The molecule has 27 heavy (non-hydrogen) atoms. The molecule has 0 aliphatic rings. The molecule has 0 radical (unpaired) electrons. The topological polar surface area (TPSA) is 66.9 Å². The average molecular weight is 484 g/mol. The standard InChI is InChI=1S/C20H28N4O2.HI/c1-4-21-20(23-14-8-13-22-16-9-6-5-7-10-16)24-17-11-12-18(25-2)19(15-17)26-3;/h5-7,9-12,15,22H,4,8,13-14H2,1-3H3,(H2,21,23,24);1H. The Hall–Kier alpha value is -2.16. The molecule has 0 bridgehead atoms. The van der Waals surface area contributed by atoms with E-state index in [0.717, 1.165) is 43.4 Å². The summed E-state index contributed by atoms with van der Waals surface area (Å²) in [4.78, 5) is 4.62. The number of ether oxygens (including phenoxy) is 2. The molecular weight excluding hydrogens is 455 g/mol. The predicted molar refractivity (Wildman–Crippen MR) is 124 cm³/mol. The maximum atomic E-state index is 5.34. The molecule has 7 heteroatoms. The Morgan fingerprint density at radius 1 is 0.963 bits per heavy atom. The Labute approximate surface area is 178 Å². The van der Waals surface area contributed by atoms with Crippen molar-refractivity contribution in [3.8, 4) is 11.5 Å². The first kappa shape index (κ1) is 22.9. The molecule has 0 unspecified atom stereocenters. The minimum Gasteiger partial charge on any atom is -0.493 e. The van der Waals surface area contributed by atoms with Crippen LogP contribution in [-0.4, -0.2) is 39.8 Å². The quantitative estimate of drug-likeness (QED) is 0.216. The van der Waals surface area contributed by atoms with Gasteiger partial charge in [0.15, 0.2) is 17.5 Å². The first-order valence-electron chi connectivity index (χ1n) is 8.83. The number of halogens is 1. The third-order valence-electron chi connectivity index (χ3n) is 3.70. The van der Waals surface area contributed by atoms with Crippen molar-refractivity contribution in [1.82, 2.24) is 5.32 Å². The van der Waals surface area contributed by atoms with Crippen LogP contribution < -0.4 is 25.4 Å². The third-order valence-corrected chi connectivity index (χ3v) is 3.70. The van der Waals surface area contributed by atoms with Crippen LogP contribution in [0.15, 0.2) is 53.5 Å². The van der Waals surface area contributed by atoms with Crippen molar-refractivity contribution < 1.29 is 9.47 Å². The number of hydrogen-bond donors (Lipinski definition) is 3. The number of anilines is 2. The zero-order chi connectivity index (χ0) is 18.6. The number of nitrogens with zero attached hydrogens (tertiary/aromatic N) is 1. The van der Waals surface area contributed by atoms with Gasteiger partial charge in [-0.15, -0.1) is 24.0 Å². The molecule has 0 aliphatic heterocycles. The van der Waals surface area contributed by atoms with Crippen molar-refractivity contribution in [2.75, 3.05) is 44.5 Å². The molecule has 2 rings (SSSR count). The molecule has 6 nitrogen and oxygen atoms in total. The molecule has 0 aromatic heterocycles. The normalized spacial score (nSPS) is 10.6. The van der Waals surface area contributed by atoms with Crippen LogP contribution in [-0.2, 0) is 0 Å². The molecule has 0 saturated carbocycles. The number of methoxy groups -OCH3 is 2. The summed E-state index contributed by atoms with van der Waals surface area (Å²) < 4.78 is 10.6. The fourth-order valence-corrected chi connectivity index (χ4v) is 2.42. The van der Waals surface area contributed by atoms with E-state index in [1.807, 2.05) is 43.3 Å². The van der Waals surface area contributed by atoms with Crippen LogP contribution in [0.5, 0.6) is 11.5 Å².